The first-order valence-electron chi connectivity index (χ1n) is 4.41. The van der Waals surface area contributed by atoms with E-state index in [0.29, 0.717) is 12.1 Å². The van der Waals surface area contributed by atoms with Crippen LogP contribution in [-0.4, -0.2) is 5.11 Å². The second-order valence-electron chi connectivity index (χ2n) is 3.17. The smallest absolute Gasteiger partial charge is 0.416 e. The number of phenols is 1. The molecule has 1 rings (SSSR count). The number of hydrogen-bond donors (Lipinski definition) is 1. The molecule has 0 saturated heterocycles. The third-order valence-electron chi connectivity index (χ3n) is 1.96. The van der Waals surface area contributed by atoms with E-state index in [9.17, 15) is 22.7 Å². The molecule has 0 fully saturated rings. The monoisotopic (exact) mass is 256 g/mol. The number of aromatic hydroxyl groups is 1. The maximum atomic E-state index is 13.4. The lowest BCUT2D eigenvalue weighted by Gasteiger charge is -2.09. The highest BCUT2D eigenvalue weighted by molar-refractivity contribution is 5.67. The minimum absolute atomic E-state index is 0.178. The van der Waals surface area contributed by atoms with E-state index in [1.165, 1.54) is 12.1 Å². The molecule has 92 valence electrons. The Bertz CT molecular complexity index is 552. The molecule has 0 atom stereocenters. The summed E-state index contributed by atoms with van der Waals surface area (Å²) in [6.45, 7) is 0. The summed E-state index contributed by atoms with van der Waals surface area (Å²) < 4.78 is 50.2. The first-order chi connectivity index (χ1) is 8.29. The Morgan fingerprint density at radius 1 is 1.22 bits per heavy atom. The van der Waals surface area contributed by atoms with Crippen molar-refractivity contribution in [1.82, 2.24) is 0 Å². The van der Waals surface area contributed by atoms with E-state index >= 15 is 0 Å². The highest BCUT2D eigenvalue weighted by Gasteiger charge is 2.32. The zero-order valence-electron chi connectivity index (χ0n) is 8.59. The summed E-state index contributed by atoms with van der Waals surface area (Å²) in [6.07, 6.45) is -4.13. The SMILES string of the molecule is N#CC(C#N)=Cc1c(O)cc(C(F)(F)F)cc1F. The molecule has 0 heterocycles. The van der Waals surface area contributed by atoms with Crippen LogP contribution in [0.1, 0.15) is 11.1 Å². The fraction of sp³-hybridized carbons (Fsp3) is 0.0909. The molecule has 0 spiro atoms. The van der Waals surface area contributed by atoms with Gasteiger partial charge < -0.3 is 5.11 Å². The van der Waals surface area contributed by atoms with Crippen LogP contribution in [0.15, 0.2) is 17.7 Å². The predicted molar refractivity (Wildman–Crippen MR) is 52.3 cm³/mol. The number of halogens is 4. The van der Waals surface area contributed by atoms with Gasteiger partial charge in [0.1, 0.15) is 29.3 Å². The molecule has 18 heavy (non-hydrogen) atoms. The Morgan fingerprint density at radius 2 is 1.78 bits per heavy atom. The fourth-order valence-corrected chi connectivity index (χ4v) is 1.14. The molecule has 0 radical (unpaired) electrons. The second-order valence-corrected chi connectivity index (χ2v) is 3.17. The summed E-state index contributed by atoms with van der Waals surface area (Å²) in [5.41, 5.74) is -2.53. The third-order valence-corrected chi connectivity index (χ3v) is 1.96. The summed E-state index contributed by atoms with van der Waals surface area (Å²) in [6, 6.07) is 3.30. The average molecular weight is 256 g/mol. The summed E-state index contributed by atoms with van der Waals surface area (Å²) >= 11 is 0. The maximum Gasteiger partial charge on any atom is 0.416 e. The molecular formula is C11H4F4N2O. The highest BCUT2D eigenvalue weighted by Crippen LogP contribution is 2.34. The van der Waals surface area contributed by atoms with Gasteiger partial charge in [-0.15, -0.1) is 0 Å². The summed E-state index contributed by atoms with van der Waals surface area (Å²) in [4.78, 5) is 0. The Labute approximate surface area is 98.8 Å². The molecule has 0 bridgehead atoms. The second kappa shape index (κ2) is 4.76. The third kappa shape index (κ3) is 2.77. The van der Waals surface area contributed by atoms with Gasteiger partial charge in [0.15, 0.2) is 0 Å². The Kier molecular flexibility index (Phi) is 3.58. The molecule has 0 saturated carbocycles. The van der Waals surface area contributed by atoms with Gasteiger partial charge >= 0.3 is 6.18 Å². The lowest BCUT2D eigenvalue weighted by molar-refractivity contribution is -0.137. The van der Waals surface area contributed by atoms with E-state index in [2.05, 4.69) is 0 Å². The lowest BCUT2D eigenvalue weighted by Crippen LogP contribution is -2.05. The van der Waals surface area contributed by atoms with Gasteiger partial charge in [-0.2, -0.15) is 23.7 Å². The Morgan fingerprint density at radius 3 is 2.17 bits per heavy atom. The van der Waals surface area contributed by atoms with Gasteiger partial charge in [0.05, 0.1) is 11.1 Å². The van der Waals surface area contributed by atoms with Crippen molar-refractivity contribution in [3.05, 3.63) is 34.6 Å². The molecule has 3 nitrogen and oxygen atoms in total. The number of rotatable bonds is 1. The topological polar surface area (TPSA) is 67.8 Å². The van der Waals surface area contributed by atoms with Crippen molar-refractivity contribution >= 4 is 6.08 Å². The van der Waals surface area contributed by atoms with Crippen LogP contribution in [0.2, 0.25) is 0 Å². The Hall–Kier alpha value is -2.54. The highest BCUT2D eigenvalue weighted by atomic mass is 19.4. The zero-order chi connectivity index (χ0) is 13.9. The molecule has 1 aromatic rings. The quantitative estimate of drug-likeness (QED) is 0.620. The van der Waals surface area contributed by atoms with Crippen molar-refractivity contribution in [2.24, 2.45) is 0 Å². The molecule has 0 aliphatic heterocycles. The normalized spacial score (nSPS) is 10.3. The number of alkyl halides is 3. The summed E-state index contributed by atoms with van der Waals surface area (Å²) in [5.74, 6) is -2.37. The predicted octanol–water partition coefficient (Wildman–Crippen LogP) is 2.98. The van der Waals surface area contributed by atoms with Gasteiger partial charge in [-0.1, -0.05) is 0 Å². The minimum atomic E-state index is -4.80. The average Bonchev–Trinajstić information content (AvgIpc) is 2.27. The first-order valence-corrected chi connectivity index (χ1v) is 4.41. The molecule has 0 aliphatic carbocycles. The van der Waals surface area contributed by atoms with E-state index in [-0.39, 0.29) is 6.07 Å². The molecule has 0 aliphatic rings. The largest absolute Gasteiger partial charge is 0.507 e. The van der Waals surface area contributed by atoms with Crippen molar-refractivity contribution in [3.63, 3.8) is 0 Å². The van der Waals surface area contributed by atoms with Gasteiger partial charge in [-0.3, -0.25) is 0 Å². The van der Waals surface area contributed by atoms with Crippen LogP contribution in [0.5, 0.6) is 5.75 Å². The molecule has 0 unspecified atom stereocenters. The summed E-state index contributed by atoms with van der Waals surface area (Å²) in [5, 5.41) is 26.1. The Balaban J connectivity index is 3.41. The molecule has 0 aromatic heterocycles. The van der Waals surface area contributed by atoms with Crippen LogP contribution < -0.4 is 0 Å². The maximum absolute atomic E-state index is 13.4. The molecule has 7 heteroatoms. The van der Waals surface area contributed by atoms with E-state index < -0.39 is 34.4 Å². The van der Waals surface area contributed by atoms with Crippen molar-refractivity contribution in [2.75, 3.05) is 0 Å². The van der Waals surface area contributed by atoms with E-state index in [0.717, 1.165) is 0 Å². The van der Waals surface area contributed by atoms with E-state index in [1.54, 1.807) is 0 Å². The van der Waals surface area contributed by atoms with Gasteiger partial charge in [0.25, 0.3) is 0 Å². The fourth-order valence-electron chi connectivity index (χ4n) is 1.14. The number of hydrogen-bond acceptors (Lipinski definition) is 3. The number of nitrogens with zero attached hydrogens (tertiary/aromatic N) is 2. The number of benzene rings is 1. The van der Waals surface area contributed by atoms with Crippen molar-refractivity contribution < 1.29 is 22.7 Å². The number of allylic oxidation sites excluding steroid dienone is 1. The van der Waals surface area contributed by atoms with Gasteiger partial charge in [0, 0.05) is 0 Å². The standard InChI is InChI=1S/C11H4F4N2O/c12-9-2-7(11(13,14)15)3-10(18)8(9)1-6(4-16)5-17/h1-3,18H. The van der Waals surface area contributed by atoms with Gasteiger partial charge in [-0.05, 0) is 18.2 Å². The lowest BCUT2D eigenvalue weighted by atomic mass is 10.1. The van der Waals surface area contributed by atoms with Crippen molar-refractivity contribution in [1.29, 1.82) is 10.5 Å². The van der Waals surface area contributed by atoms with E-state index in [1.807, 2.05) is 0 Å². The molecule has 1 N–H and O–H groups in total. The minimum Gasteiger partial charge on any atom is -0.507 e. The molecule has 0 amide bonds. The van der Waals surface area contributed by atoms with Crippen molar-refractivity contribution in [2.45, 2.75) is 6.18 Å². The summed E-state index contributed by atoms with van der Waals surface area (Å²) in [7, 11) is 0. The van der Waals surface area contributed by atoms with Crippen LogP contribution in [0, 0.1) is 28.5 Å². The van der Waals surface area contributed by atoms with Gasteiger partial charge in [0.2, 0.25) is 0 Å². The van der Waals surface area contributed by atoms with Crippen LogP contribution in [0.4, 0.5) is 17.6 Å². The number of nitriles is 2. The zero-order valence-corrected chi connectivity index (χ0v) is 8.59. The van der Waals surface area contributed by atoms with Crippen molar-refractivity contribution in [3.8, 4) is 17.9 Å². The van der Waals surface area contributed by atoms with Gasteiger partial charge in [-0.25, -0.2) is 4.39 Å². The van der Waals surface area contributed by atoms with Crippen LogP contribution in [-0.2, 0) is 6.18 Å². The van der Waals surface area contributed by atoms with Crippen LogP contribution >= 0.6 is 0 Å². The number of phenolic OH excluding ortho intramolecular Hbond substituents is 1. The molecule has 1 aromatic carbocycles. The van der Waals surface area contributed by atoms with Crippen LogP contribution in [0.25, 0.3) is 6.08 Å². The first kappa shape index (κ1) is 13.5. The van der Waals surface area contributed by atoms with Crippen LogP contribution in [0.3, 0.4) is 0 Å². The molecular weight excluding hydrogens is 252 g/mol. The van der Waals surface area contributed by atoms with E-state index in [4.69, 9.17) is 10.5 Å².